The Morgan fingerprint density at radius 3 is 2.07 bits per heavy atom. The van der Waals surface area contributed by atoms with E-state index in [2.05, 4.69) is 39.8 Å². The zero-order chi connectivity index (χ0) is 11.3. The van der Waals surface area contributed by atoms with E-state index in [9.17, 15) is 0 Å². The van der Waals surface area contributed by atoms with E-state index >= 15 is 0 Å². The van der Waals surface area contributed by atoms with Gasteiger partial charge in [0.1, 0.15) is 7.85 Å². The summed E-state index contributed by atoms with van der Waals surface area (Å²) in [4.78, 5) is 0. The smallest absolute Gasteiger partial charge is 0.0964 e. The number of hydrogen-bond donors (Lipinski definition) is 0. The molecule has 0 spiro atoms. The maximum absolute atomic E-state index is 5.89. The first-order valence-corrected chi connectivity index (χ1v) is 5.73. The fourth-order valence-corrected chi connectivity index (χ4v) is 2.61. The molecule has 0 nitrogen and oxygen atoms in total. The zero-order valence-corrected chi connectivity index (χ0v) is 10.2. The Morgan fingerprint density at radius 2 is 1.47 bits per heavy atom. The van der Waals surface area contributed by atoms with Crippen molar-refractivity contribution in [2.24, 2.45) is 0 Å². The van der Waals surface area contributed by atoms with Crippen LogP contribution in [0.1, 0.15) is 51.7 Å². The van der Waals surface area contributed by atoms with Gasteiger partial charge in [0.2, 0.25) is 0 Å². The van der Waals surface area contributed by atoms with Crippen LogP contribution in [0.4, 0.5) is 0 Å². The molecular formula is C14H19B. The third-order valence-corrected chi connectivity index (χ3v) is 3.88. The summed E-state index contributed by atoms with van der Waals surface area (Å²) in [5.41, 5.74) is 4.39. The van der Waals surface area contributed by atoms with Gasteiger partial charge in [-0.25, -0.2) is 0 Å². The highest BCUT2D eigenvalue weighted by atomic mass is 14.4. The predicted molar refractivity (Wildman–Crippen MR) is 67.1 cm³/mol. The number of rotatable bonds is 0. The van der Waals surface area contributed by atoms with Gasteiger partial charge in [-0.15, -0.1) is 0 Å². The summed E-state index contributed by atoms with van der Waals surface area (Å²) in [5, 5.41) is 0. The Labute approximate surface area is 94.5 Å². The molecule has 0 aliphatic heterocycles. The lowest BCUT2D eigenvalue weighted by Gasteiger charge is -2.42. The van der Waals surface area contributed by atoms with Crippen molar-refractivity contribution in [3.63, 3.8) is 0 Å². The fourth-order valence-electron chi connectivity index (χ4n) is 2.61. The van der Waals surface area contributed by atoms with Gasteiger partial charge < -0.3 is 0 Å². The molecule has 0 unspecified atom stereocenters. The van der Waals surface area contributed by atoms with Gasteiger partial charge in [-0.2, -0.15) is 0 Å². The molecule has 2 rings (SSSR count). The molecule has 0 amide bonds. The first kappa shape index (κ1) is 10.8. The van der Waals surface area contributed by atoms with Gasteiger partial charge in [-0.3, -0.25) is 0 Å². The van der Waals surface area contributed by atoms with Crippen molar-refractivity contribution >= 4 is 13.3 Å². The van der Waals surface area contributed by atoms with E-state index in [1.165, 1.54) is 24.0 Å². The second-order valence-corrected chi connectivity index (χ2v) is 6.07. The molecule has 78 valence electrons. The number of hydrogen-bond acceptors (Lipinski definition) is 0. The molecule has 2 radical (unpaired) electrons. The van der Waals surface area contributed by atoms with E-state index in [-0.39, 0.29) is 5.41 Å². The first-order chi connectivity index (χ1) is 6.83. The second kappa shape index (κ2) is 3.14. The van der Waals surface area contributed by atoms with Crippen LogP contribution in [0.3, 0.4) is 0 Å². The summed E-state index contributed by atoms with van der Waals surface area (Å²) in [5.74, 6) is 0. The van der Waals surface area contributed by atoms with Gasteiger partial charge in [0.05, 0.1) is 0 Å². The monoisotopic (exact) mass is 198 g/mol. The maximum Gasteiger partial charge on any atom is 0.113 e. The van der Waals surface area contributed by atoms with E-state index in [1.807, 2.05) is 6.07 Å². The SMILES string of the molecule is [B]c1ccc2c(c1)C(C)(C)CCC2(C)C. The van der Waals surface area contributed by atoms with Gasteiger partial charge >= 0.3 is 0 Å². The quantitative estimate of drug-likeness (QED) is 0.562. The number of fused-ring (bicyclic) bond motifs is 1. The average Bonchev–Trinajstić information content (AvgIpc) is 2.13. The lowest BCUT2D eigenvalue weighted by atomic mass is 9.62. The highest BCUT2D eigenvalue weighted by Gasteiger charge is 2.36. The molecule has 0 bridgehead atoms. The predicted octanol–water partition coefficient (Wildman–Crippen LogP) is 2.83. The highest BCUT2D eigenvalue weighted by molar-refractivity contribution is 6.32. The minimum Gasteiger partial charge on any atom is -0.0964 e. The van der Waals surface area contributed by atoms with Gasteiger partial charge in [0, 0.05) is 0 Å². The van der Waals surface area contributed by atoms with E-state index in [0.29, 0.717) is 5.41 Å². The zero-order valence-electron chi connectivity index (χ0n) is 10.2. The Hall–Kier alpha value is -0.715. The van der Waals surface area contributed by atoms with Crippen LogP contribution < -0.4 is 5.46 Å². The lowest BCUT2D eigenvalue weighted by molar-refractivity contribution is 0.332. The topological polar surface area (TPSA) is 0 Å². The Balaban J connectivity index is 2.64. The molecule has 0 atom stereocenters. The van der Waals surface area contributed by atoms with Crippen molar-refractivity contribution in [3.05, 3.63) is 29.3 Å². The van der Waals surface area contributed by atoms with Gasteiger partial charge in [-0.1, -0.05) is 51.4 Å². The van der Waals surface area contributed by atoms with Crippen LogP contribution in [0.15, 0.2) is 18.2 Å². The summed E-state index contributed by atoms with van der Waals surface area (Å²) < 4.78 is 0. The minimum atomic E-state index is 0.278. The van der Waals surface area contributed by atoms with Crippen LogP contribution in [0.2, 0.25) is 0 Å². The molecule has 1 aliphatic rings. The van der Waals surface area contributed by atoms with Gasteiger partial charge in [0.15, 0.2) is 0 Å². The molecule has 0 N–H and O–H groups in total. The van der Waals surface area contributed by atoms with E-state index in [0.717, 1.165) is 5.46 Å². The molecule has 0 aromatic heterocycles. The maximum atomic E-state index is 5.89. The normalized spacial score (nSPS) is 22.1. The lowest BCUT2D eigenvalue weighted by Crippen LogP contribution is -2.34. The van der Waals surface area contributed by atoms with Crippen LogP contribution in [0, 0.1) is 0 Å². The average molecular weight is 198 g/mol. The van der Waals surface area contributed by atoms with Crippen LogP contribution in [-0.2, 0) is 10.8 Å². The highest BCUT2D eigenvalue weighted by Crippen LogP contribution is 2.44. The van der Waals surface area contributed by atoms with Crippen molar-refractivity contribution in [2.75, 3.05) is 0 Å². The van der Waals surface area contributed by atoms with Crippen molar-refractivity contribution in [3.8, 4) is 0 Å². The van der Waals surface area contributed by atoms with Crippen LogP contribution >= 0.6 is 0 Å². The minimum absolute atomic E-state index is 0.278. The molecule has 0 saturated heterocycles. The summed E-state index contributed by atoms with van der Waals surface area (Å²) >= 11 is 0. The third kappa shape index (κ3) is 1.73. The molecule has 0 heterocycles. The van der Waals surface area contributed by atoms with Crippen molar-refractivity contribution < 1.29 is 0 Å². The molecular weight excluding hydrogens is 179 g/mol. The van der Waals surface area contributed by atoms with Crippen molar-refractivity contribution in [1.82, 2.24) is 0 Å². The first-order valence-electron chi connectivity index (χ1n) is 5.73. The van der Waals surface area contributed by atoms with Gasteiger partial charge in [-0.05, 0) is 34.8 Å². The third-order valence-electron chi connectivity index (χ3n) is 3.88. The standard InChI is InChI=1S/C14H19B/c1-13(2)7-8-14(3,4)12-9-10(15)5-6-11(12)13/h5-6,9H,7-8H2,1-4H3. The summed E-state index contributed by atoms with van der Waals surface area (Å²) in [6.07, 6.45) is 2.51. The Bertz CT molecular complexity index is 388. The van der Waals surface area contributed by atoms with E-state index < -0.39 is 0 Å². The summed E-state index contributed by atoms with van der Waals surface area (Å²) in [7, 11) is 5.89. The summed E-state index contributed by atoms with van der Waals surface area (Å²) in [6.45, 7) is 9.30. The molecule has 1 heteroatoms. The van der Waals surface area contributed by atoms with Crippen molar-refractivity contribution in [1.29, 1.82) is 0 Å². The van der Waals surface area contributed by atoms with E-state index in [1.54, 1.807) is 0 Å². The van der Waals surface area contributed by atoms with E-state index in [4.69, 9.17) is 7.85 Å². The molecule has 0 saturated carbocycles. The summed E-state index contributed by atoms with van der Waals surface area (Å²) in [6, 6.07) is 6.41. The van der Waals surface area contributed by atoms with Crippen LogP contribution in [-0.4, -0.2) is 7.85 Å². The van der Waals surface area contributed by atoms with Crippen molar-refractivity contribution in [2.45, 2.75) is 51.4 Å². The second-order valence-electron chi connectivity index (χ2n) is 6.07. The van der Waals surface area contributed by atoms with Gasteiger partial charge in [0.25, 0.3) is 0 Å². The molecule has 1 aromatic rings. The van der Waals surface area contributed by atoms with Crippen LogP contribution in [0.5, 0.6) is 0 Å². The van der Waals surface area contributed by atoms with Crippen LogP contribution in [0.25, 0.3) is 0 Å². The molecule has 1 aromatic carbocycles. The molecule has 0 fully saturated rings. The fraction of sp³-hybridized carbons (Fsp3) is 0.571. The number of benzene rings is 1. The Morgan fingerprint density at radius 1 is 0.933 bits per heavy atom. The Kier molecular flexibility index (Phi) is 2.26. The molecule has 15 heavy (non-hydrogen) atoms. The molecule has 1 aliphatic carbocycles. The largest absolute Gasteiger partial charge is 0.113 e.